The van der Waals surface area contributed by atoms with Gasteiger partial charge in [0.1, 0.15) is 0 Å². The van der Waals surface area contributed by atoms with Gasteiger partial charge in [-0.3, -0.25) is 0 Å². The van der Waals surface area contributed by atoms with Gasteiger partial charge in [-0.25, -0.2) is 0 Å². The average molecular weight is 267 g/mol. The SMILES string of the molecule is CC1CCCC(CNC2CCC(N)CC2)(N(C)C)C1. The second kappa shape index (κ2) is 6.55. The molecule has 0 heterocycles. The third-order valence-corrected chi connectivity index (χ3v) is 5.51. The minimum Gasteiger partial charge on any atom is -0.328 e. The summed E-state index contributed by atoms with van der Waals surface area (Å²) >= 11 is 0. The van der Waals surface area contributed by atoms with E-state index in [1.165, 1.54) is 51.4 Å². The van der Waals surface area contributed by atoms with Crippen LogP contribution in [0.15, 0.2) is 0 Å². The zero-order valence-electron chi connectivity index (χ0n) is 13.1. The van der Waals surface area contributed by atoms with Crippen LogP contribution in [0.1, 0.15) is 58.3 Å². The smallest absolute Gasteiger partial charge is 0.0330 e. The number of nitrogens with two attached hydrogens (primary N) is 1. The minimum atomic E-state index is 0.386. The van der Waals surface area contributed by atoms with Gasteiger partial charge in [0.15, 0.2) is 0 Å². The van der Waals surface area contributed by atoms with E-state index in [1.807, 2.05) is 0 Å². The Balaban J connectivity index is 1.87. The molecular weight excluding hydrogens is 234 g/mol. The van der Waals surface area contributed by atoms with Crippen molar-refractivity contribution in [3.8, 4) is 0 Å². The van der Waals surface area contributed by atoms with Crippen molar-refractivity contribution in [1.82, 2.24) is 10.2 Å². The lowest BCUT2D eigenvalue weighted by atomic mass is 9.75. The highest BCUT2D eigenvalue weighted by Gasteiger charge is 2.37. The Kier molecular flexibility index (Phi) is 5.27. The molecule has 19 heavy (non-hydrogen) atoms. The molecule has 2 saturated carbocycles. The van der Waals surface area contributed by atoms with E-state index in [9.17, 15) is 0 Å². The summed E-state index contributed by atoms with van der Waals surface area (Å²) in [6.45, 7) is 3.57. The Bertz CT molecular complexity index is 271. The maximum atomic E-state index is 5.99. The van der Waals surface area contributed by atoms with Crippen molar-refractivity contribution in [3.63, 3.8) is 0 Å². The van der Waals surface area contributed by atoms with Crippen molar-refractivity contribution in [2.75, 3.05) is 20.6 Å². The molecule has 0 radical (unpaired) electrons. The molecule has 2 aliphatic rings. The summed E-state index contributed by atoms with van der Waals surface area (Å²) in [5.74, 6) is 0.873. The molecule has 112 valence electrons. The number of hydrogen-bond donors (Lipinski definition) is 2. The van der Waals surface area contributed by atoms with E-state index >= 15 is 0 Å². The third-order valence-electron chi connectivity index (χ3n) is 5.51. The summed E-state index contributed by atoms with van der Waals surface area (Å²) in [4.78, 5) is 2.48. The van der Waals surface area contributed by atoms with Crippen LogP contribution in [0.2, 0.25) is 0 Å². The van der Waals surface area contributed by atoms with Gasteiger partial charge < -0.3 is 16.0 Å². The van der Waals surface area contributed by atoms with E-state index in [0.717, 1.165) is 12.5 Å². The van der Waals surface area contributed by atoms with Crippen LogP contribution in [0.25, 0.3) is 0 Å². The van der Waals surface area contributed by atoms with Crippen LogP contribution in [-0.2, 0) is 0 Å². The molecule has 0 spiro atoms. The first-order valence-corrected chi connectivity index (χ1v) is 8.18. The summed E-state index contributed by atoms with van der Waals surface area (Å²) in [6.07, 6.45) is 10.4. The predicted molar refractivity (Wildman–Crippen MR) is 82.3 cm³/mol. The van der Waals surface area contributed by atoms with Crippen LogP contribution >= 0.6 is 0 Å². The number of hydrogen-bond acceptors (Lipinski definition) is 3. The van der Waals surface area contributed by atoms with E-state index < -0.39 is 0 Å². The van der Waals surface area contributed by atoms with Crippen LogP contribution in [0.4, 0.5) is 0 Å². The third kappa shape index (κ3) is 3.93. The normalized spacial score (nSPS) is 40.6. The maximum Gasteiger partial charge on any atom is 0.0330 e. The monoisotopic (exact) mass is 267 g/mol. The zero-order chi connectivity index (χ0) is 13.9. The number of likely N-dealkylation sites (N-methyl/N-ethyl adjacent to an activating group) is 1. The van der Waals surface area contributed by atoms with Gasteiger partial charge in [-0.15, -0.1) is 0 Å². The van der Waals surface area contributed by atoms with Gasteiger partial charge in [0.05, 0.1) is 0 Å². The van der Waals surface area contributed by atoms with E-state index in [0.29, 0.717) is 17.6 Å². The van der Waals surface area contributed by atoms with Gasteiger partial charge in [0, 0.05) is 24.2 Å². The second-order valence-electron chi connectivity index (χ2n) is 7.31. The first-order valence-electron chi connectivity index (χ1n) is 8.18. The highest BCUT2D eigenvalue weighted by atomic mass is 15.2. The van der Waals surface area contributed by atoms with Crippen molar-refractivity contribution in [2.45, 2.75) is 75.9 Å². The molecule has 2 aliphatic carbocycles. The molecule has 0 aromatic carbocycles. The fourth-order valence-electron chi connectivity index (χ4n) is 4.01. The van der Waals surface area contributed by atoms with Gasteiger partial charge >= 0.3 is 0 Å². The fraction of sp³-hybridized carbons (Fsp3) is 1.00. The lowest BCUT2D eigenvalue weighted by Crippen LogP contribution is -2.56. The van der Waals surface area contributed by atoms with Gasteiger partial charge in [-0.2, -0.15) is 0 Å². The molecule has 3 N–H and O–H groups in total. The molecule has 0 bridgehead atoms. The molecule has 2 rings (SSSR count). The fourth-order valence-corrected chi connectivity index (χ4v) is 4.01. The molecular formula is C16H33N3. The van der Waals surface area contributed by atoms with Crippen molar-refractivity contribution in [2.24, 2.45) is 11.7 Å². The molecule has 2 atom stereocenters. The number of nitrogens with zero attached hydrogens (tertiary/aromatic N) is 1. The molecule has 2 fully saturated rings. The zero-order valence-corrected chi connectivity index (χ0v) is 13.1. The highest BCUT2D eigenvalue weighted by Crippen LogP contribution is 2.35. The molecule has 0 aliphatic heterocycles. The minimum absolute atomic E-state index is 0.386. The Morgan fingerprint density at radius 1 is 1.16 bits per heavy atom. The summed E-state index contributed by atoms with van der Waals surface area (Å²) in [5.41, 5.74) is 6.38. The number of nitrogens with one attached hydrogen (secondary N) is 1. The van der Waals surface area contributed by atoms with Gasteiger partial charge in [0.2, 0.25) is 0 Å². The molecule has 0 aromatic heterocycles. The molecule has 2 unspecified atom stereocenters. The van der Waals surface area contributed by atoms with Crippen molar-refractivity contribution < 1.29 is 0 Å². The maximum absolute atomic E-state index is 5.99. The van der Waals surface area contributed by atoms with Crippen molar-refractivity contribution in [1.29, 1.82) is 0 Å². The van der Waals surface area contributed by atoms with E-state index in [2.05, 4.69) is 31.2 Å². The summed E-state index contributed by atoms with van der Waals surface area (Å²) in [6, 6.07) is 1.16. The molecule has 0 aromatic rings. The molecule has 0 amide bonds. The lowest BCUT2D eigenvalue weighted by molar-refractivity contribution is 0.0704. The average Bonchev–Trinajstić information content (AvgIpc) is 2.38. The van der Waals surface area contributed by atoms with E-state index in [-0.39, 0.29) is 0 Å². The first-order chi connectivity index (χ1) is 9.02. The molecule has 3 heteroatoms. The summed E-state index contributed by atoms with van der Waals surface area (Å²) in [7, 11) is 4.52. The Hall–Kier alpha value is -0.120. The van der Waals surface area contributed by atoms with Gasteiger partial charge in [-0.1, -0.05) is 19.8 Å². The van der Waals surface area contributed by atoms with E-state index in [1.54, 1.807) is 0 Å². The highest BCUT2D eigenvalue weighted by molar-refractivity contribution is 4.95. The quantitative estimate of drug-likeness (QED) is 0.821. The van der Waals surface area contributed by atoms with Crippen LogP contribution in [0, 0.1) is 5.92 Å². The van der Waals surface area contributed by atoms with Crippen LogP contribution in [0.5, 0.6) is 0 Å². The van der Waals surface area contributed by atoms with Gasteiger partial charge in [0.25, 0.3) is 0 Å². The summed E-state index contributed by atoms with van der Waals surface area (Å²) in [5, 5.41) is 3.86. The van der Waals surface area contributed by atoms with Crippen molar-refractivity contribution >= 4 is 0 Å². The standard InChI is InChI=1S/C16H33N3/c1-13-5-4-10-16(11-13,19(2)3)12-18-15-8-6-14(17)7-9-15/h13-15,18H,4-12,17H2,1-3H3. The second-order valence-corrected chi connectivity index (χ2v) is 7.31. The number of rotatable bonds is 4. The topological polar surface area (TPSA) is 41.3 Å². The molecule has 0 saturated heterocycles. The summed E-state index contributed by atoms with van der Waals surface area (Å²) < 4.78 is 0. The first kappa shape index (κ1) is 15.3. The molecule has 3 nitrogen and oxygen atoms in total. The lowest BCUT2D eigenvalue weighted by Gasteiger charge is -2.46. The van der Waals surface area contributed by atoms with Crippen LogP contribution in [0.3, 0.4) is 0 Å². The Morgan fingerprint density at radius 3 is 2.42 bits per heavy atom. The Morgan fingerprint density at radius 2 is 1.84 bits per heavy atom. The predicted octanol–water partition coefficient (Wildman–Crippen LogP) is 2.36. The largest absolute Gasteiger partial charge is 0.328 e. The van der Waals surface area contributed by atoms with Gasteiger partial charge in [-0.05, 0) is 58.5 Å². The van der Waals surface area contributed by atoms with Crippen molar-refractivity contribution in [3.05, 3.63) is 0 Å². The van der Waals surface area contributed by atoms with E-state index in [4.69, 9.17) is 5.73 Å². The Labute approximate surface area is 119 Å². The van der Waals surface area contributed by atoms with Crippen LogP contribution in [-0.4, -0.2) is 43.2 Å². The van der Waals surface area contributed by atoms with Crippen LogP contribution < -0.4 is 11.1 Å².